The molecular weight excluding hydrogens is 306 g/mol. The predicted octanol–water partition coefficient (Wildman–Crippen LogP) is 2.20. The van der Waals surface area contributed by atoms with Gasteiger partial charge >= 0.3 is 0 Å². The number of likely N-dealkylation sites (N-methyl/N-ethyl adjacent to an activating group) is 1. The Hall–Kier alpha value is -1.07. The lowest BCUT2D eigenvalue weighted by Crippen LogP contribution is -2.41. The Morgan fingerprint density at radius 3 is 2.84 bits per heavy atom. The van der Waals surface area contributed by atoms with E-state index in [2.05, 4.69) is 20.8 Å². The first-order valence-corrected chi connectivity index (χ1v) is 7.28. The summed E-state index contributed by atoms with van der Waals surface area (Å²) in [5.41, 5.74) is 7.08. The van der Waals surface area contributed by atoms with Crippen molar-refractivity contribution >= 4 is 27.5 Å². The van der Waals surface area contributed by atoms with E-state index in [1.807, 2.05) is 25.1 Å². The van der Waals surface area contributed by atoms with Gasteiger partial charge in [-0.15, -0.1) is 0 Å². The smallest absolute Gasteiger partial charge is 0.254 e. The number of hydrogen-bond donors (Lipinski definition) is 1. The molecule has 104 valence electrons. The van der Waals surface area contributed by atoms with Crippen molar-refractivity contribution in [3.63, 3.8) is 0 Å². The second-order valence-electron chi connectivity index (χ2n) is 5.33. The van der Waals surface area contributed by atoms with Crippen molar-refractivity contribution < 1.29 is 4.79 Å². The van der Waals surface area contributed by atoms with E-state index in [1.54, 1.807) is 12.1 Å². The van der Waals surface area contributed by atoms with Crippen LogP contribution in [0.15, 0.2) is 22.7 Å². The third-order valence-corrected chi connectivity index (χ3v) is 3.84. The molecule has 1 aliphatic heterocycles. The van der Waals surface area contributed by atoms with E-state index < -0.39 is 0 Å². The van der Waals surface area contributed by atoms with Crippen LogP contribution in [0.4, 0.5) is 5.69 Å². The molecule has 1 aromatic rings. The lowest BCUT2D eigenvalue weighted by atomic mass is 10.1. The molecule has 2 N–H and O–H groups in total. The van der Waals surface area contributed by atoms with Gasteiger partial charge in [0, 0.05) is 34.9 Å². The quantitative estimate of drug-likeness (QED) is 0.867. The summed E-state index contributed by atoms with van der Waals surface area (Å²) in [7, 11) is 4.08. The zero-order valence-electron chi connectivity index (χ0n) is 11.4. The van der Waals surface area contributed by atoms with Crippen LogP contribution >= 0.6 is 15.9 Å². The van der Waals surface area contributed by atoms with E-state index in [0.717, 1.165) is 30.4 Å². The third kappa shape index (κ3) is 3.48. The number of nitrogen functional groups attached to an aromatic ring is 1. The largest absolute Gasteiger partial charge is 0.399 e. The van der Waals surface area contributed by atoms with Crippen molar-refractivity contribution in [1.82, 2.24) is 9.80 Å². The number of amides is 1. The molecule has 1 saturated heterocycles. The highest BCUT2D eigenvalue weighted by Crippen LogP contribution is 2.23. The molecule has 1 unspecified atom stereocenters. The van der Waals surface area contributed by atoms with Crippen LogP contribution in [-0.2, 0) is 0 Å². The van der Waals surface area contributed by atoms with Gasteiger partial charge in [-0.1, -0.05) is 15.9 Å². The number of nitrogens with zero attached hydrogens (tertiary/aromatic N) is 2. The van der Waals surface area contributed by atoms with E-state index in [0.29, 0.717) is 17.3 Å². The van der Waals surface area contributed by atoms with Crippen molar-refractivity contribution in [2.45, 2.75) is 18.9 Å². The Labute approximate surface area is 122 Å². The summed E-state index contributed by atoms with van der Waals surface area (Å²) in [6.45, 7) is 1.75. The minimum absolute atomic E-state index is 0.0809. The van der Waals surface area contributed by atoms with Gasteiger partial charge in [0.15, 0.2) is 0 Å². The Kier molecular flexibility index (Phi) is 4.47. The predicted molar refractivity (Wildman–Crippen MR) is 81.2 cm³/mol. The Bertz CT molecular complexity index is 456. The van der Waals surface area contributed by atoms with Crippen molar-refractivity contribution in [1.29, 1.82) is 0 Å². The normalized spacial score (nSPS) is 19.2. The van der Waals surface area contributed by atoms with Crippen molar-refractivity contribution in [2.24, 2.45) is 0 Å². The number of anilines is 1. The van der Waals surface area contributed by atoms with E-state index in [9.17, 15) is 4.79 Å². The first-order valence-electron chi connectivity index (χ1n) is 6.49. The minimum Gasteiger partial charge on any atom is -0.399 e. The molecule has 1 atom stereocenters. The minimum atomic E-state index is 0.0809. The second kappa shape index (κ2) is 5.92. The van der Waals surface area contributed by atoms with Gasteiger partial charge in [0.05, 0.1) is 0 Å². The van der Waals surface area contributed by atoms with Crippen molar-refractivity contribution in [3.8, 4) is 0 Å². The van der Waals surface area contributed by atoms with Crippen molar-refractivity contribution in [3.05, 3.63) is 28.2 Å². The highest BCUT2D eigenvalue weighted by atomic mass is 79.9. The molecule has 2 rings (SSSR count). The van der Waals surface area contributed by atoms with Gasteiger partial charge in [0.1, 0.15) is 0 Å². The fraction of sp³-hybridized carbons (Fsp3) is 0.500. The van der Waals surface area contributed by atoms with E-state index >= 15 is 0 Å². The molecule has 0 aliphatic carbocycles. The number of carbonyl (C=O) groups is 1. The summed E-state index contributed by atoms with van der Waals surface area (Å²) in [6, 6.07) is 5.70. The lowest BCUT2D eigenvalue weighted by molar-refractivity contribution is 0.0716. The molecule has 5 heteroatoms. The number of nitrogens with two attached hydrogens (primary N) is 1. The SMILES string of the molecule is CN(C)CC1CCCN1C(=O)c1cc(N)cc(Br)c1. The molecule has 1 fully saturated rings. The fourth-order valence-electron chi connectivity index (χ4n) is 2.62. The maximum Gasteiger partial charge on any atom is 0.254 e. The molecule has 0 aromatic heterocycles. The molecular formula is C14H20BrN3O. The van der Waals surface area contributed by atoms with Gasteiger partial charge in [-0.3, -0.25) is 4.79 Å². The van der Waals surface area contributed by atoms with Gasteiger partial charge in [-0.2, -0.15) is 0 Å². The molecule has 1 aliphatic rings. The maximum absolute atomic E-state index is 12.6. The molecule has 0 saturated carbocycles. The summed E-state index contributed by atoms with van der Waals surface area (Å²) in [5, 5.41) is 0. The first-order chi connectivity index (χ1) is 8.97. The zero-order chi connectivity index (χ0) is 14.0. The molecule has 1 heterocycles. The first kappa shape index (κ1) is 14.3. The highest BCUT2D eigenvalue weighted by Gasteiger charge is 2.29. The lowest BCUT2D eigenvalue weighted by Gasteiger charge is -2.27. The van der Waals surface area contributed by atoms with Crippen molar-refractivity contribution in [2.75, 3.05) is 32.9 Å². The topological polar surface area (TPSA) is 49.6 Å². The average Bonchev–Trinajstić information content (AvgIpc) is 2.73. The Morgan fingerprint density at radius 1 is 1.47 bits per heavy atom. The highest BCUT2D eigenvalue weighted by molar-refractivity contribution is 9.10. The van der Waals surface area contributed by atoms with Gasteiger partial charge < -0.3 is 15.5 Å². The van der Waals surface area contributed by atoms with Gasteiger partial charge in [-0.25, -0.2) is 0 Å². The molecule has 0 radical (unpaired) electrons. The van der Waals surface area contributed by atoms with E-state index in [4.69, 9.17) is 5.73 Å². The zero-order valence-corrected chi connectivity index (χ0v) is 13.0. The van der Waals surface area contributed by atoms with Gasteiger partial charge in [-0.05, 0) is 45.1 Å². The Balaban J connectivity index is 2.18. The van der Waals surface area contributed by atoms with Crippen LogP contribution in [0.3, 0.4) is 0 Å². The second-order valence-corrected chi connectivity index (χ2v) is 6.25. The molecule has 0 bridgehead atoms. The van der Waals surface area contributed by atoms with Crippen LogP contribution in [0, 0.1) is 0 Å². The van der Waals surface area contributed by atoms with Crippen LogP contribution in [0.5, 0.6) is 0 Å². The average molecular weight is 326 g/mol. The van der Waals surface area contributed by atoms with Crippen LogP contribution in [0.25, 0.3) is 0 Å². The van der Waals surface area contributed by atoms with Crippen LogP contribution in [-0.4, -0.2) is 48.9 Å². The summed E-state index contributed by atoms with van der Waals surface area (Å²) in [6.07, 6.45) is 2.15. The molecule has 1 amide bonds. The standard InChI is InChI=1S/C14H20BrN3O/c1-17(2)9-13-4-3-5-18(13)14(19)10-6-11(15)8-12(16)7-10/h6-8,13H,3-5,9,16H2,1-2H3. The number of rotatable bonds is 3. The summed E-state index contributed by atoms with van der Waals surface area (Å²) < 4.78 is 0.846. The summed E-state index contributed by atoms with van der Waals surface area (Å²) in [4.78, 5) is 16.7. The number of carbonyl (C=O) groups excluding carboxylic acids is 1. The van der Waals surface area contributed by atoms with Gasteiger partial charge in [0.2, 0.25) is 0 Å². The fourth-order valence-corrected chi connectivity index (χ4v) is 3.13. The summed E-state index contributed by atoms with van der Waals surface area (Å²) in [5.74, 6) is 0.0809. The monoisotopic (exact) mass is 325 g/mol. The maximum atomic E-state index is 12.6. The van der Waals surface area contributed by atoms with Crippen LogP contribution in [0.1, 0.15) is 23.2 Å². The summed E-state index contributed by atoms with van der Waals surface area (Å²) >= 11 is 3.39. The number of hydrogen-bond acceptors (Lipinski definition) is 3. The van der Waals surface area contributed by atoms with E-state index in [1.165, 1.54) is 0 Å². The van der Waals surface area contributed by atoms with Crippen LogP contribution < -0.4 is 5.73 Å². The molecule has 19 heavy (non-hydrogen) atoms. The van der Waals surface area contributed by atoms with Gasteiger partial charge in [0.25, 0.3) is 5.91 Å². The van der Waals surface area contributed by atoms with Crippen LogP contribution in [0.2, 0.25) is 0 Å². The third-order valence-electron chi connectivity index (χ3n) is 3.38. The Morgan fingerprint density at radius 2 is 2.21 bits per heavy atom. The number of benzene rings is 1. The number of halogens is 1. The molecule has 4 nitrogen and oxygen atoms in total. The molecule has 1 aromatic carbocycles. The number of likely N-dealkylation sites (tertiary alicyclic amines) is 1. The molecule has 0 spiro atoms. The van der Waals surface area contributed by atoms with E-state index in [-0.39, 0.29) is 5.91 Å².